The van der Waals surface area contributed by atoms with Crippen LogP contribution in [0.25, 0.3) is 0 Å². The summed E-state index contributed by atoms with van der Waals surface area (Å²) in [5.74, 6) is 2.13. The molecule has 0 fully saturated rings. The van der Waals surface area contributed by atoms with Crippen molar-refractivity contribution in [1.29, 1.82) is 0 Å². The van der Waals surface area contributed by atoms with Gasteiger partial charge in [-0.1, -0.05) is 0 Å². The van der Waals surface area contributed by atoms with Gasteiger partial charge in [-0.2, -0.15) is 15.3 Å². The summed E-state index contributed by atoms with van der Waals surface area (Å²) in [6.45, 7) is 0. The topological polar surface area (TPSA) is 71.6 Å². The molecule has 0 saturated heterocycles. The number of hydrogen-bond donors (Lipinski definition) is 1. The van der Waals surface area contributed by atoms with E-state index >= 15 is 0 Å². The molecule has 1 amide bonds. The highest BCUT2D eigenvalue weighted by atomic mass is 19.3. The first-order valence-corrected chi connectivity index (χ1v) is 6.45. The van der Waals surface area contributed by atoms with Crippen molar-refractivity contribution in [3.63, 3.8) is 0 Å². The van der Waals surface area contributed by atoms with Gasteiger partial charge in [0.15, 0.2) is 5.66 Å². The van der Waals surface area contributed by atoms with Crippen LogP contribution in [0.15, 0.2) is 16.4 Å². The monoisotopic (exact) mass is 295 g/mol. The van der Waals surface area contributed by atoms with E-state index in [9.17, 15) is 13.6 Å². The number of nitrogens with zero attached hydrogens (tertiary/aromatic N) is 4. The van der Waals surface area contributed by atoms with E-state index in [-0.39, 0.29) is 23.7 Å². The molecule has 6 nitrogen and oxygen atoms in total. The van der Waals surface area contributed by atoms with Crippen LogP contribution in [0.5, 0.6) is 0 Å². The first kappa shape index (κ1) is 15.1. The fourth-order valence-electron chi connectivity index (χ4n) is 2.00. The molecule has 0 bridgehead atoms. The molecule has 0 spiro atoms. The van der Waals surface area contributed by atoms with Gasteiger partial charge in [0.1, 0.15) is 5.69 Å². The molecule has 2 rings (SSSR count). The Morgan fingerprint density at radius 2 is 2.24 bits per heavy atom. The van der Waals surface area contributed by atoms with Crippen LogP contribution in [0, 0.1) is 12.3 Å². The first-order chi connectivity index (χ1) is 9.97. The fraction of sp³-hybridized carbons (Fsp3) is 0.538. The highest BCUT2D eigenvalue weighted by Crippen LogP contribution is 2.37. The van der Waals surface area contributed by atoms with Crippen molar-refractivity contribution in [2.45, 2.75) is 37.8 Å². The van der Waals surface area contributed by atoms with E-state index in [1.165, 1.54) is 13.2 Å². The summed E-state index contributed by atoms with van der Waals surface area (Å²) in [6, 6.07) is 0. The lowest BCUT2D eigenvalue weighted by atomic mass is 10.0. The Morgan fingerprint density at radius 1 is 1.52 bits per heavy atom. The summed E-state index contributed by atoms with van der Waals surface area (Å²) in [6.07, 6.45) is 5.37. The molecule has 0 aliphatic carbocycles. The van der Waals surface area contributed by atoms with E-state index in [2.05, 4.69) is 26.6 Å². The van der Waals surface area contributed by atoms with Crippen LogP contribution in [-0.2, 0) is 11.8 Å². The molecule has 0 unspecified atom stereocenters. The van der Waals surface area contributed by atoms with Crippen molar-refractivity contribution < 1.29 is 13.6 Å². The first-order valence-electron chi connectivity index (χ1n) is 6.45. The minimum absolute atomic E-state index is 0.0276. The van der Waals surface area contributed by atoms with E-state index in [0.29, 0.717) is 19.3 Å². The van der Waals surface area contributed by atoms with Crippen LogP contribution in [0.1, 0.15) is 37.8 Å². The second-order valence-corrected chi connectivity index (χ2v) is 4.80. The van der Waals surface area contributed by atoms with E-state index in [1.54, 1.807) is 0 Å². The predicted octanol–water partition coefficient (Wildman–Crippen LogP) is 2.65. The Hall–Kier alpha value is -2.30. The molecule has 21 heavy (non-hydrogen) atoms. The molecular formula is C13H15F2N5O. The van der Waals surface area contributed by atoms with E-state index < -0.39 is 12.1 Å². The number of hydrogen-bond acceptors (Lipinski definition) is 4. The Kier molecular flexibility index (Phi) is 4.31. The Bertz CT molecular complexity index is 596. The maximum absolute atomic E-state index is 12.8. The molecule has 0 aromatic carbocycles. The number of carbonyl (C=O) groups excluding carboxylic acids is 1. The van der Waals surface area contributed by atoms with E-state index in [4.69, 9.17) is 6.42 Å². The van der Waals surface area contributed by atoms with E-state index in [0.717, 1.165) is 4.68 Å². The standard InChI is InChI=1S/C13H15F2N5O/c1-3-4-6-13(18-19-13)7-5-10(21)17-9-8-16-20(2)11(9)12(14)15/h1,8,12H,4-7H2,2H3,(H,17,21). The highest BCUT2D eigenvalue weighted by Gasteiger charge is 2.39. The minimum atomic E-state index is -2.71. The molecule has 8 heteroatoms. The van der Waals surface area contributed by atoms with Crippen molar-refractivity contribution in [3.8, 4) is 12.3 Å². The Labute approximate surface area is 120 Å². The quantitative estimate of drug-likeness (QED) is 0.785. The number of rotatable bonds is 7. The summed E-state index contributed by atoms with van der Waals surface area (Å²) in [5, 5.41) is 14.0. The third-order valence-electron chi connectivity index (χ3n) is 3.27. The number of amides is 1. The molecule has 112 valence electrons. The van der Waals surface area contributed by atoms with Crippen molar-refractivity contribution in [1.82, 2.24) is 9.78 Å². The third-order valence-corrected chi connectivity index (χ3v) is 3.27. The maximum atomic E-state index is 12.8. The van der Waals surface area contributed by atoms with Gasteiger partial charge in [0.2, 0.25) is 5.91 Å². The molecule has 1 aromatic heterocycles. The third kappa shape index (κ3) is 3.62. The number of halogens is 2. The lowest BCUT2D eigenvalue weighted by molar-refractivity contribution is -0.116. The molecular weight excluding hydrogens is 280 g/mol. The van der Waals surface area contributed by atoms with E-state index in [1.807, 2.05) is 0 Å². The highest BCUT2D eigenvalue weighted by molar-refractivity contribution is 5.91. The molecule has 0 atom stereocenters. The van der Waals surface area contributed by atoms with Crippen LogP contribution in [0.2, 0.25) is 0 Å². The van der Waals surface area contributed by atoms with Gasteiger partial charge >= 0.3 is 0 Å². The number of aromatic nitrogens is 2. The number of anilines is 1. The SMILES string of the molecule is C#CCCC1(CCC(=O)Nc2cnn(C)c2C(F)F)N=N1. The molecule has 1 N–H and O–H groups in total. The van der Waals surface area contributed by atoms with Crippen LogP contribution in [0.3, 0.4) is 0 Å². The summed E-state index contributed by atoms with van der Waals surface area (Å²) in [4.78, 5) is 11.8. The van der Waals surface area contributed by atoms with Gasteiger partial charge in [0.25, 0.3) is 6.43 Å². The van der Waals surface area contributed by atoms with Gasteiger partial charge in [-0.15, -0.1) is 12.3 Å². The zero-order valence-corrected chi connectivity index (χ0v) is 11.5. The summed E-state index contributed by atoms with van der Waals surface area (Å²) in [5.41, 5.74) is -0.837. The normalized spacial score (nSPS) is 15.0. The molecule has 2 heterocycles. The second kappa shape index (κ2) is 5.99. The lowest BCUT2D eigenvalue weighted by Crippen LogP contribution is -2.18. The van der Waals surface area contributed by atoms with Gasteiger partial charge < -0.3 is 5.32 Å². The number of nitrogens with one attached hydrogen (secondary N) is 1. The van der Waals surface area contributed by atoms with Gasteiger partial charge in [-0.25, -0.2) is 8.78 Å². The lowest BCUT2D eigenvalue weighted by Gasteiger charge is -2.09. The maximum Gasteiger partial charge on any atom is 0.282 e. The number of aryl methyl sites for hydroxylation is 1. The number of alkyl halides is 2. The number of terminal acetylenes is 1. The second-order valence-electron chi connectivity index (χ2n) is 4.80. The molecule has 1 aliphatic rings. The van der Waals surface area contributed by atoms with Gasteiger partial charge in [-0.3, -0.25) is 9.48 Å². The Morgan fingerprint density at radius 3 is 2.81 bits per heavy atom. The van der Waals surface area contributed by atoms with Crippen LogP contribution in [0.4, 0.5) is 14.5 Å². The van der Waals surface area contributed by atoms with Crippen molar-refractivity contribution in [3.05, 3.63) is 11.9 Å². The molecule has 0 saturated carbocycles. The van der Waals surface area contributed by atoms with Gasteiger partial charge in [-0.05, 0) is 0 Å². The summed E-state index contributed by atoms with van der Waals surface area (Å²) in [7, 11) is 1.40. The number of carbonyl (C=O) groups is 1. The van der Waals surface area contributed by atoms with Gasteiger partial charge in [0.05, 0.1) is 11.9 Å². The zero-order valence-electron chi connectivity index (χ0n) is 11.5. The van der Waals surface area contributed by atoms with Crippen LogP contribution < -0.4 is 5.32 Å². The van der Waals surface area contributed by atoms with Crippen molar-refractivity contribution >= 4 is 11.6 Å². The smallest absolute Gasteiger partial charge is 0.282 e. The van der Waals surface area contributed by atoms with Crippen LogP contribution >= 0.6 is 0 Å². The van der Waals surface area contributed by atoms with Crippen molar-refractivity contribution in [2.24, 2.45) is 17.3 Å². The Balaban J connectivity index is 1.87. The minimum Gasteiger partial charge on any atom is -0.323 e. The average molecular weight is 295 g/mol. The summed E-state index contributed by atoms with van der Waals surface area (Å²) >= 11 is 0. The predicted molar refractivity (Wildman–Crippen MR) is 71.7 cm³/mol. The van der Waals surface area contributed by atoms with Gasteiger partial charge in [0, 0.05) is 32.7 Å². The largest absolute Gasteiger partial charge is 0.323 e. The van der Waals surface area contributed by atoms with Crippen molar-refractivity contribution in [2.75, 3.05) is 5.32 Å². The average Bonchev–Trinajstić information content (AvgIpc) is 3.12. The molecule has 1 aliphatic heterocycles. The molecule has 1 aromatic rings. The summed E-state index contributed by atoms with van der Waals surface area (Å²) < 4.78 is 26.7. The fourth-order valence-corrected chi connectivity index (χ4v) is 2.00. The van der Waals surface area contributed by atoms with Crippen LogP contribution in [-0.4, -0.2) is 21.4 Å². The molecule has 0 radical (unpaired) electrons. The zero-order chi connectivity index (χ0) is 15.5.